The Balaban J connectivity index is 1.70. The molecule has 1 aliphatic rings. The fraction of sp³-hybridized carbons (Fsp3) is 0.250. The van der Waals surface area contributed by atoms with Crippen LogP contribution in [0.15, 0.2) is 46.8 Å². The standard InChI is InChI=1S/C24H22N4O2S2/c1-13-14(2)32-24-21(13)22(17-9-7-16(8-10-17)19-6-5-11-31-19)25-18(12-20(29)30-4)23-27-26-15(3)28(23)24/h5-11,18H,12H2,1-4H3/t18-/m0/s1. The summed E-state index contributed by atoms with van der Waals surface area (Å²) in [5.41, 5.74) is 5.32. The summed E-state index contributed by atoms with van der Waals surface area (Å²) in [7, 11) is 1.40. The number of carbonyl (C=O) groups is 1. The van der Waals surface area contributed by atoms with Gasteiger partial charge in [0, 0.05) is 20.9 Å². The van der Waals surface area contributed by atoms with Crippen LogP contribution in [0, 0.1) is 20.8 Å². The highest BCUT2D eigenvalue weighted by atomic mass is 32.1. The van der Waals surface area contributed by atoms with Crippen LogP contribution in [0.2, 0.25) is 0 Å². The van der Waals surface area contributed by atoms with Crippen molar-refractivity contribution in [3.8, 4) is 15.4 Å². The number of aromatic nitrogens is 3. The number of hydrogen-bond acceptors (Lipinski definition) is 7. The van der Waals surface area contributed by atoms with Gasteiger partial charge in [0.1, 0.15) is 16.9 Å². The first kappa shape index (κ1) is 20.8. The number of aryl methyl sites for hydroxylation is 2. The molecular weight excluding hydrogens is 440 g/mol. The third-order valence-electron chi connectivity index (χ3n) is 5.79. The third-order valence-corrected chi connectivity index (χ3v) is 7.90. The van der Waals surface area contributed by atoms with E-state index in [-0.39, 0.29) is 12.4 Å². The van der Waals surface area contributed by atoms with Gasteiger partial charge in [0.25, 0.3) is 0 Å². The molecule has 5 rings (SSSR count). The number of hydrogen-bond donors (Lipinski definition) is 0. The van der Waals surface area contributed by atoms with Gasteiger partial charge in [-0.2, -0.15) is 0 Å². The SMILES string of the molecule is COC(=O)C[C@@H]1N=C(c2ccc(-c3cccs3)cc2)c2c(sc(C)c2C)-n2c(C)nnc21. The van der Waals surface area contributed by atoms with E-state index in [4.69, 9.17) is 9.73 Å². The average molecular weight is 463 g/mol. The second kappa shape index (κ2) is 8.11. The van der Waals surface area contributed by atoms with Gasteiger partial charge in [-0.1, -0.05) is 30.3 Å². The highest BCUT2D eigenvalue weighted by Gasteiger charge is 2.32. The smallest absolute Gasteiger partial charge is 0.308 e. The van der Waals surface area contributed by atoms with Gasteiger partial charge < -0.3 is 4.74 Å². The predicted octanol–water partition coefficient (Wildman–Crippen LogP) is 5.44. The maximum Gasteiger partial charge on any atom is 0.308 e. The molecule has 1 atom stereocenters. The lowest BCUT2D eigenvalue weighted by atomic mass is 9.98. The van der Waals surface area contributed by atoms with Crippen LogP contribution in [0.5, 0.6) is 0 Å². The lowest BCUT2D eigenvalue weighted by molar-refractivity contribution is -0.141. The zero-order valence-electron chi connectivity index (χ0n) is 18.2. The Kier molecular flexibility index (Phi) is 5.27. The van der Waals surface area contributed by atoms with Crippen LogP contribution in [-0.4, -0.2) is 33.6 Å². The molecule has 4 aromatic rings. The van der Waals surface area contributed by atoms with Crippen molar-refractivity contribution in [3.05, 3.63) is 75.0 Å². The number of esters is 1. The van der Waals surface area contributed by atoms with Gasteiger partial charge in [0.05, 0.1) is 19.2 Å². The van der Waals surface area contributed by atoms with Crippen molar-refractivity contribution in [3.63, 3.8) is 0 Å². The molecule has 0 amide bonds. The number of carbonyl (C=O) groups excluding carboxylic acids is 1. The van der Waals surface area contributed by atoms with Crippen molar-refractivity contribution in [1.29, 1.82) is 0 Å². The summed E-state index contributed by atoms with van der Waals surface area (Å²) in [6, 6.07) is 12.2. The zero-order chi connectivity index (χ0) is 22.4. The molecule has 0 saturated carbocycles. The molecule has 32 heavy (non-hydrogen) atoms. The molecule has 0 unspecified atom stereocenters. The largest absolute Gasteiger partial charge is 0.469 e. The lowest BCUT2D eigenvalue weighted by Gasteiger charge is -2.12. The number of methoxy groups -OCH3 is 1. The molecule has 0 spiro atoms. The number of fused-ring (bicyclic) bond motifs is 3. The Morgan fingerprint density at radius 2 is 1.84 bits per heavy atom. The molecule has 0 fully saturated rings. The normalized spacial score (nSPS) is 15.0. The zero-order valence-corrected chi connectivity index (χ0v) is 19.9. The molecule has 8 heteroatoms. The predicted molar refractivity (Wildman–Crippen MR) is 128 cm³/mol. The fourth-order valence-electron chi connectivity index (χ4n) is 4.00. The van der Waals surface area contributed by atoms with E-state index in [0.29, 0.717) is 5.82 Å². The van der Waals surface area contributed by atoms with Gasteiger partial charge in [-0.05, 0) is 43.3 Å². The second-order valence-electron chi connectivity index (χ2n) is 7.73. The van der Waals surface area contributed by atoms with Crippen molar-refractivity contribution >= 4 is 34.4 Å². The van der Waals surface area contributed by atoms with Crippen LogP contribution in [0.4, 0.5) is 0 Å². The van der Waals surface area contributed by atoms with Gasteiger partial charge in [-0.3, -0.25) is 14.4 Å². The Bertz CT molecular complexity index is 1330. The maximum absolute atomic E-state index is 12.2. The highest BCUT2D eigenvalue weighted by Crippen LogP contribution is 2.39. The second-order valence-corrected chi connectivity index (χ2v) is 9.88. The fourth-order valence-corrected chi connectivity index (χ4v) is 5.95. The van der Waals surface area contributed by atoms with Crippen LogP contribution >= 0.6 is 22.7 Å². The molecule has 0 radical (unpaired) electrons. The molecule has 4 heterocycles. The van der Waals surface area contributed by atoms with Crippen molar-refractivity contribution < 1.29 is 9.53 Å². The molecule has 0 bridgehead atoms. The number of thiophene rings is 2. The summed E-state index contributed by atoms with van der Waals surface area (Å²) >= 11 is 3.43. The van der Waals surface area contributed by atoms with E-state index in [9.17, 15) is 4.79 Å². The van der Waals surface area contributed by atoms with Gasteiger partial charge in [0.2, 0.25) is 0 Å². The van der Waals surface area contributed by atoms with E-state index in [2.05, 4.69) is 65.8 Å². The Hall–Kier alpha value is -3.10. The van der Waals surface area contributed by atoms with E-state index in [1.165, 1.54) is 28.0 Å². The van der Waals surface area contributed by atoms with Crippen LogP contribution in [-0.2, 0) is 9.53 Å². The molecule has 1 aromatic carbocycles. The number of rotatable bonds is 4. The minimum Gasteiger partial charge on any atom is -0.469 e. The number of benzene rings is 1. The Labute approximate surface area is 194 Å². The third kappa shape index (κ3) is 3.40. The molecule has 0 N–H and O–H groups in total. The van der Waals surface area contributed by atoms with Crippen molar-refractivity contribution in [2.45, 2.75) is 33.2 Å². The molecule has 0 saturated heterocycles. The molecule has 6 nitrogen and oxygen atoms in total. The van der Waals surface area contributed by atoms with Crippen molar-refractivity contribution in [2.75, 3.05) is 7.11 Å². The monoisotopic (exact) mass is 462 g/mol. The molecule has 0 aliphatic carbocycles. The molecule has 3 aromatic heterocycles. The number of ether oxygens (including phenoxy) is 1. The Morgan fingerprint density at radius 1 is 1.09 bits per heavy atom. The number of aliphatic imine (C=N–C) groups is 1. The summed E-state index contributed by atoms with van der Waals surface area (Å²) in [6.45, 7) is 6.18. The summed E-state index contributed by atoms with van der Waals surface area (Å²) in [5.74, 6) is 1.12. The lowest BCUT2D eigenvalue weighted by Crippen LogP contribution is -2.12. The van der Waals surface area contributed by atoms with Crippen LogP contribution in [0.1, 0.15) is 45.7 Å². The first-order valence-electron chi connectivity index (χ1n) is 10.3. The van der Waals surface area contributed by atoms with Gasteiger partial charge in [-0.15, -0.1) is 32.9 Å². The summed E-state index contributed by atoms with van der Waals surface area (Å²) in [4.78, 5) is 19.8. The topological polar surface area (TPSA) is 69.4 Å². The average Bonchev–Trinajstić information content (AvgIpc) is 3.50. The van der Waals surface area contributed by atoms with E-state index in [1.807, 2.05) is 11.5 Å². The number of nitrogens with zero attached hydrogens (tertiary/aromatic N) is 4. The van der Waals surface area contributed by atoms with Crippen LogP contribution in [0.25, 0.3) is 15.4 Å². The highest BCUT2D eigenvalue weighted by molar-refractivity contribution is 7.15. The summed E-state index contributed by atoms with van der Waals surface area (Å²) < 4.78 is 7.00. The molecular formula is C24H22N4O2S2. The molecule has 1 aliphatic heterocycles. The Morgan fingerprint density at radius 3 is 2.53 bits per heavy atom. The summed E-state index contributed by atoms with van der Waals surface area (Å²) in [6.07, 6.45) is 0.110. The van der Waals surface area contributed by atoms with Crippen LogP contribution < -0.4 is 0 Å². The first-order valence-corrected chi connectivity index (χ1v) is 12.0. The van der Waals surface area contributed by atoms with Crippen LogP contribution in [0.3, 0.4) is 0 Å². The quantitative estimate of drug-likeness (QED) is 0.379. The summed E-state index contributed by atoms with van der Waals surface area (Å²) in [5, 5.41) is 11.8. The minimum absolute atomic E-state index is 0.110. The molecule has 162 valence electrons. The van der Waals surface area contributed by atoms with E-state index in [0.717, 1.165) is 27.7 Å². The van der Waals surface area contributed by atoms with Crippen molar-refractivity contribution in [2.24, 2.45) is 4.99 Å². The van der Waals surface area contributed by atoms with Gasteiger partial charge in [-0.25, -0.2) is 0 Å². The van der Waals surface area contributed by atoms with Gasteiger partial charge in [0.15, 0.2) is 5.82 Å². The first-order chi connectivity index (χ1) is 15.5. The van der Waals surface area contributed by atoms with Crippen molar-refractivity contribution in [1.82, 2.24) is 14.8 Å². The minimum atomic E-state index is -0.477. The van der Waals surface area contributed by atoms with E-state index in [1.54, 1.807) is 22.7 Å². The van der Waals surface area contributed by atoms with E-state index < -0.39 is 6.04 Å². The van der Waals surface area contributed by atoms with E-state index >= 15 is 0 Å². The van der Waals surface area contributed by atoms with Gasteiger partial charge >= 0.3 is 5.97 Å². The maximum atomic E-state index is 12.2.